The third-order valence-electron chi connectivity index (χ3n) is 2.68. The smallest absolute Gasteiger partial charge is 0.150 e. The highest BCUT2D eigenvalue weighted by molar-refractivity contribution is 5.71. The molecule has 4 N–H and O–H groups in total. The molecule has 0 unspecified atom stereocenters. The second kappa shape index (κ2) is 4.29. The second-order valence-electron chi connectivity index (χ2n) is 4.35. The van der Waals surface area contributed by atoms with Crippen LogP contribution < -0.4 is 11.6 Å². The minimum atomic E-state index is -0.587. The Balaban J connectivity index is 2.64. The van der Waals surface area contributed by atoms with Gasteiger partial charge in [0, 0.05) is 11.5 Å². The molecule has 0 fully saturated rings. The van der Waals surface area contributed by atoms with E-state index in [1.807, 2.05) is 13.8 Å². The maximum Gasteiger partial charge on any atom is 0.150 e. The van der Waals surface area contributed by atoms with Gasteiger partial charge in [-0.2, -0.15) is 0 Å². The minimum Gasteiger partial charge on any atom is -0.382 e. The van der Waals surface area contributed by atoms with Crippen LogP contribution in [0.15, 0.2) is 18.2 Å². The van der Waals surface area contributed by atoms with Crippen molar-refractivity contribution in [2.45, 2.75) is 19.8 Å². The Morgan fingerprint density at radius 2 is 1.94 bits per heavy atom. The Labute approximate surface area is 103 Å². The fourth-order valence-electron chi connectivity index (χ4n) is 1.75. The van der Waals surface area contributed by atoms with Crippen LogP contribution in [0.1, 0.15) is 25.6 Å². The molecule has 0 spiro atoms. The quantitative estimate of drug-likeness (QED) is 0.805. The number of benzene rings is 1. The lowest BCUT2D eigenvalue weighted by Crippen LogP contribution is -2.16. The maximum absolute atomic E-state index is 13.7. The summed E-state index contributed by atoms with van der Waals surface area (Å²) in [6.45, 7) is 3.77. The van der Waals surface area contributed by atoms with Gasteiger partial charge in [0.05, 0.1) is 0 Å². The highest BCUT2D eigenvalue weighted by atomic mass is 19.1. The number of hydrogen-bond acceptors (Lipinski definition) is 3. The first-order valence-corrected chi connectivity index (χ1v) is 5.50. The second-order valence-corrected chi connectivity index (χ2v) is 4.35. The van der Waals surface area contributed by atoms with E-state index < -0.39 is 11.6 Å². The molecule has 6 heteroatoms. The van der Waals surface area contributed by atoms with E-state index in [0.717, 1.165) is 18.2 Å². The Morgan fingerprint density at radius 1 is 1.28 bits per heavy atom. The van der Waals surface area contributed by atoms with Crippen LogP contribution in [-0.2, 0) is 0 Å². The Morgan fingerprint density at radius 3 is 2.50 bits per heavy atom. The summed E-state index contributed by atoms with van der Waals surface area (Å²) in [6, 6.07) is 3.13. The number of imidazole rings is 1. The Bertz CT molecular complexity index is 590. The molecule has 0 aliphatic carbocycles. The van der Waals surface area contributed by atoms with Gasteiger partial charge in [-0.1, -0.05) is 13.8 Å². The van der Waals surface area contributed by atoms with Gasteiger partial charge in [0.15, 0.2) is 5.82 Å². The fourth-order valence-corrected chi connectivity index (χ4v) is 1.75. The molecule has 0 aliphatic rings. The van der Waals surface area contributed by atoms with Crippen molar-refractivity contribution in [1.29, 1.82) is 0 Å². The topological polar surface area (TPSA) is 69.9 Å². The van der Waals surface area contributed by atoms with E-state index in [0.29, 0.717) is 5.82 Å². The van der Waals surface area contributed by atoms with Crippen molar-refractivity contribution >= 4 is 5.82 Å². The van der Waals surface area contributed by atoms with Crippen molar-refractivity contribution in [3.8, 4) is 11.3 Å². The first kappa shape index (κ1) is 12.3. The summed E-state index contributed by atoms with van der Waals surface area (Å²) in [5.74, 6) is 5.27. The lowest BCUT2D eigenvalue weighted by atomic mass is 10.1. The van der Waals surface area contributed by atoms with Gasteiger partial charge >= 0.3 is 0 Å². The number of rotatable bonds is 2. The zero-order valence-corrected chi connectivity index (χ0v) is 10.1. The summed E-state index contributed by atoms with van der Waals surface area (Å²) >= 11 is 0. The van der Waals surface area contributed by atoms with Crippen LogP contribution in [0, 0.1) is 11.6 Å². The summed E-state index contributed by atoms with van der Waals surface area (Å²) in [6.07, 6.45) is 0. The molecule has 1 heterocycles. The predicted molar refractivity (Wildman–Crippen MR) is 66.2 cm³/mol. The first-order valence-electron chi connectivity index (χ1n) is 5.50. The summed E-state index contributed by atoms with van der Waals surface area (Å²) < 4.78 is 28.0. The standard InChI is InChI=1S/C12H14F2N4/c1-6(2)12-17-10(11(15)18(12)16)8-5-7(13)3-4-9(8)14/h3-6H,15-16H2,1-2H3. The van der Waals surface area contributed by atoms with Crippen LogP contribution in [0.25, 0.3) is 11.3 Å². The normalized spacial score (nSPS) is 11.2. The van der Waals surface area contributed by atoms with E-state index in [1.54, 1.807) is 0 Å². The molecular weight excluding hydrogens is 238 g/mol. The van der Waals surface area contributed by atoms with Crippen LogP contribution in [0.2, 0.25) is 0 Å². The largest absolute Gasteiger partial charge is 0.382 e. The number of anilines is 1. The lowest BCUT2D eigenvalue weighted by molar-refractivity contribution is 0.602. The van der Waals surface area contributed by atoms with Gasteiger partial charge in [-0.3, -0.25) is 0 Å². The summed E-state index contributed by atoms with van der Waals surface area (Å²) in [4.78, 5) is 4.19. The molecule has 96 valence electrons. The van der Waals surface area contributed by atoms with Crippen molar-refractivity contribution in [2.75, 3.05) is 11.6 Å². The molecule has 0 saturated heterocycles. The van der Waals surface area contributed by atoms with Gasteiger partial charge in [0.1, 0.15) is 23.2 Å². The molecule has 2 aromatic rings. The average molecular weight is 252 g/mol. The molecule has 1 aromatic heterocycles. The average Bonchev–Trinajstić information content (AvgIpc) is 2.60. The van der Waals surface area contributed by atoms with E-state index in [-0.39, 0.29) is 23.0 Å². The molecule has 18 heavy (non-hydrogen) atoms. The van der Waals surface area contributed by atoms with Crippen molar-refractivity contribution in [3.05, 3.63) is 35.7 Å². The SMILES string of the molecule is CC(C)c1nc(-c2cc(F)ccc2F)c(N)n1N. The number of halogens is 2. The molecule has 0 bridgehead atoms. The Hall–Kier alpha value is -2.11. The van der Waals surface area contributed by atoms with Crippen molar-refractivity contribution in [3.63, 3.8) is 0 Å². The van der Waals surface area contributed by atoms with E-state index >= 15 is 0 Å². The highest BCUT2D eigenvalue weighted by Gasteiger charge is 2.19. The first-order chi connectivity index (χ1) is 8.41. The molecule has 4 nitrogen and oxygen atoms in total. The molecule has 0 saturated carbocycles. The minimum absolute atomic E-state index is 0.0126. The molecule has 1 aromatic carbocycles. The van der Waals surface area contributed by atoms with Gasteiger partial charge in [0.25, 0.3) is 0 Å². The van der Waals surface area contributed by atoms with Crippen LogP contribution in [0.4, 0.5) is 14.6 Å². The molecule has 0 radical (unpaired) electrons. The molecular formula is C12H14F2N4. The van der Waals surface area contributed by atoms with Gasteiger partial charge in [-0.25, -0.2) is 18.4 Å². The van der Waals surface area contributed by atoms with E-state index in [2.05, 4.69) is 4.98 Å². The fraction of sp³-hybridized carbons (Fsp3) is 0.250. The van der Waals surface area contributed by atoms with Gasteiger partial charge in [0.2, 0.25) is 0 Å². The van der Waals surface area contributed by atoms with Gasteiger partial charge in [-0.15, -0.1) is 0 Å². The molecule has 0 aliphatic heterocycles. The number of nitrogens with zero attached hydrogens (tertiary/aromatic N) is 2. The van der Waals surface area contributed by atoms with E-state index in [9.17, 15) is 8.78 Å². The summed E-state index contributed by atoms with van der Waals surface area (Å²) in [5.41, 5.74) is 5.96. The van der Waals surface area contributed by atoms with Gasteiger partial charge in [-0.05, 0) is 18.2 Å². The van der Waals surface area contributed by atoms with E-state index in [4.69, 9.17) is 11.6 Å². The van der Waals surface area contributed by atoms with E-state index in [1.165, 1.54) is 4.68 Å². The zero-order valence-electron chi connectivity index (χ0n) is 10.1. The van der Waals surface area contributed by atoms with Crippen LogP contribution in [0.3, 0.4) is 0 Å². The van der Waals surface area contributed by atoms with Crippen LogP contribution in [0.5, 0.6) is 0 Å². The monoisotopic (exact) mass is 252 g/mol. The third kappa shape index (κ3) is 1.90. The van der Waals surface area contributed by atoms with Crippen molar-refractivity contribution < 1.29 is 8.78 Å². The van der Waals surface area contributed by atoms with Crippen LogP contribution in [-0.4, -0.2) is 9.66 Å². The number of nitrogen functional groups attached to an aromatic ring is 2. The highest BCUT2D eigenvalue weighted by Crippen LogP contribution is 2.29. The van der Waals surface area contributed by atoms with Crippen LogP contribution >= 0.6 is 0 Å². The number of hydrogen-bond donors (Lipinski definition) is 2. The molecule has 0 amide bonds. The molecule has 2 rings (SSSR count). The summed E-state index contributed by atoms with van der Waals surface area (Å²) in [7, 11) is 0. The lowest BCUT2D eigenvalue weighted by Gasteiger charge is -2.04. The molecule has 0 atom stereocenters. The zero-order chi connectivity index (χ0) is 13.4. The summed E-state index contributed by atoms with van der Waals surface area (Å²) in [5, 5.41) is 0. The number of aromatic nitrogens is 2. The van der Waals surface area contributed by atoms with Crippen molar-refractivity contribution in [2.24, 2.45) is 0 Å². The van der Waals surface area contributed by atoms with Crippen molar-refractivity contribution in [1.82, 2.24) is 9.66 Å². The predicted octanol–water partition coefficient (Wildman–Crippen LogP) is 2.25. The Kier molecular flexibility index (Phi) is 2.94. The third-order valence-corrected chi connectivity index (χ3v) is 2.68. The van der Waals surface area contributed by atoms with Gasteiger partial charge < -0.3 is 11.6 Å². The maximum atomic E-state index is 13.7. The number of nitrogens with two attached hydrogens (primary N) is 2.